The number of Topliss-reactive ketones (excluding diaryl/α,β-unsaturated/α-hetero) is 1. The molecule has 1 saturated heterocycles. The van der Waals surface area contributed by atoms with Crippen molar-refractivity contribution in [3.05, 3.63) is 0 Å². The molecule has 1 aliphatic heterocycles. The maximum atomic E-state index is 12.1. The third kappa shape index (κ3) is 2.45. The summed E-state index contributed by atoms with van der Waals surface area (Å²) >= 11 is 0. The van der Waals surface area contributed by atoms with E-state index < -0.39 is 24.5 Å². The van der Waals surface area contributed by atoms with Crippen molar-refractivity contribution in [2.75, 3.05) is 13.1 Å². The number of ketones is 1. The average Bonchev–Trinajstić information content (AvgIpc) is 2.59. The second-order valence-electron chi connectivity index (χ2n) is 4.78. The van der Waals surface area contributed by atoms with E-state index in [1.165, 1.54) is 11.8 Å². The summed E-state index contributed by atoms with van der Waals surface area (Å²) in [6.07, 6.45) is -7.41. The first-order chi connectivity index (χ1) is 9.82. The Kier molecular flexibility index (Phi) is 1.76. The van der Waals surface area contributed by atoms with Crippen LogP contribution in [0.15, 0.2) is 0 Å². The van der Waals surface area contributed by atoms with Crippen molar-refractivity contribution in [3.63, 3.8) is 0 Å². The van der Waals surface area contributed by atoms with E-state index in [9.17, 15) is 9.59 Å². The summed E-state index contributed by atoms with van der Waals surface area (Å²) in [4.78, 5) is 24.7. The van der Waals surface area contributed by atoms with Gasteiger partial charge in [0.25, 0.3) is 0 Å². The van der Waals surface area contributed by atoms with Gasteiger partial charge in [0.05, 0.1) is 0 Å². The summed E-state index contributed by atoms with van der Waals surface area (Å²) in [5.74, 6) is -0.255. The first-order valence-corrected chi connectivity index (χ1v) is 5.59. The van der Waals surface area contributed by atoms with Gasteiger partial charge in [-0.15, -0.1) is 0 Å². The van der Waals surface area contributed by atoms with Crippen LogP contribution in [-0.4, -0.2) is 29.7 Å². The van der Waals surface area contributed by atoms with Gasteiger partial charge < -0.3 is 4.90 Å². The molecule has 1 heterocycles. The van der Waals surface area contributed by atoms with Crippen LogP contribution < -0.4 is 0 Å². The van der Waals surface area contributed by atoms with Crippen LogP contribution in [0.3, 0.4) is 0 Å². The van der Waals surface area contributed by atoms with Crippen molar-refractivity contribution >= 4 is 11.7 Å². The summed E-state index contributed by atoms with van der Waals surface area (Å²) in [6, 6.07) is 0. The lowest BCUT2D eigenvalue weighted by Gasteiger charge is -2.32. The highest BCUT2D eigenvalue weighted by molar-refractivity contribution is 5.81. The minimum Gasteiger partial charge on any atom is -0.342 e. The van der Waals surface area contributed by atoms with E-state index in [1.54, 1.807) is 0 Å². The zero-order chi connectivity index (χ0) is 17.0. The van der Waals surface area contributed by atoms with E-state index in [4.69, 9.17) is 8.22 Å². The summed E-state index contributed by atoms with van der Waals surface area (Å²) < 4.78 is 47.4. The molecule has 2 fully saturated rings. The minimum absolute atomic E-state index is 0.0139. The van der Waals surface area contributed by atoms with Crippen LogP contribution in [-0.2, 0) is 9.59 Å². The summed E-state index contributed by atoms with van der Waals surface area (Å²) in [6.45, 7) is 1.88. The SMILES string of the molecule is [2H]C1([2H])CC2(CC(=O)N(CCC(C)=O)C2)CC([2H])([2H])C1([2H])[2H]. The lowest BCUT2D eigenvalue weighted by atomic mass is 9.73. The monoisotopic (exact) mass is 229 g/mol. The van der Waals surface area contributed by atoms with Crippen LogP contribution in [0.2, 0.25) is 0 Å². The van der Waals surface area contributed by atoms with E-state index in [2.05, 4.69) is 0 Å². The summed E-state index contributed by atoms with van der Waals surface area (Å²) in [5.41, 5.74) is -0.896. The highest BCUT2D eigenvalue weighted by Crippen LogP contribution is 2.44. The number of rotatable bonds is 3. The smallest absolute Gasteiger partial charge is 0.223 e. The molecule has 1 aliphatic carbocycles. The Hall–Kier alpha value is -0.860. The molecule has 90 valence electrons. The molecule has 2 aliphatic rings. The molecule has 1 amide bonds. The lowest BCUT2D eigenvalue weighted by Crippen LogP contribution is -2.31. The van der Waals surface area contributed by atoms with Gasteiger partial charge in [-0.25, -0.2) is 0 Å². The molecule has 1 spiro atoms. The van der Waals surface area contributed by atoms with Crippen molar-refractivity contribution in [3.8, 4) is 0 Å². The molecule has 0 bridgehead atoms. The van der Waals surface area contributed by atoms with Crippen molar-refractivity contribution in [2.45, 2.75) is 51.7 Å². The van der Waals surface area contributed by atoms with Crippen molar-refractivity contribution < 1.29 is 17.8 Å². The van der Waals surface area contributed by atoms with Gasteiger partial charge in [0.2, 0.25) is 5.91 Å². The fraction of sp³-hybridized carbons (Fsp3) is 0.846. The second kappa shape index (κ2) is 4.56. The number of nitrogens with zero attached hydrogens (tertiary/aromatic N) is 1. The van der Waals surface area contributed by atoms with Crippen LogP contribution >= 0.6 is 0 Å². The maximum Gasteiger partial charge on any atom is 0.223 e. The van der Waals surface area contributed by atoms with E-state index in [1.807, 2.05) is 0 Å². The van der Waals surface area contributed by atoms with Gasteiger partial charge >= 0.3 is 0 Å². The third-order valence-electron chi connectivity index (χ3n) is 3.24. The third-order valence-corrected chi connectivity index (χ3v) is 3.24. The van der Waals surface area contributed by atoms with Crippen LogP contribution in [0.1, 0.15) is 60.0 Å². The first-order valence-electron chi connectivity index (χ1n) is 8.59. The molecule has 16 heavy (non-hydrogen) atoms. The molecule has 0 N–H and O–H groups in total. The van der Waals surface area contributed by atoms with E-state index in [0.29, 0.717) is 0 Å². The number of likely N-dealkylation sites (tertiary alicyclic amines) is 1. The molecule has 3 heteroatoms. The van der Waals surface area contributed by atoms with Crippen LogP contribution in [0.5, 0.6) is 0 Å². The van der Waals surface area contributed by atoms with Crippen molar-refractivity contribution in [2.24, 2.45) is 5.41 Å². The molecule has 0 unspecified atom stereocenters. The van der Waals surface area contributed by atoms with Crippen LogP contribution in [0.4, 0.5) is 0 Å². The minimum atomic E-state index is -2.60. The van der Waals surface area contributed by atoms with E-state index >= 15 is 0 Å². The normalized spacial score (nSPS) is 39.1. The Morgan fingerprint density at radius 2 is 2.12 bits per heavy atom. The molecule has 0 radical (unpaired) electrons. The number of hydrogen-bond acceptors (Lipinski definition) is 2. The van der Waals surface area contributed by atoms with Gasteiger partial charge in [-0.3, -0.25) is 9.59 Å². The highest BCUT2D eigenvalue weighted by atomic mass is 16.2. The van der Waals surface area contributed by atoms with Crippen molar-refractivity contribution in [1.82, 2.24) is 4.90 Å². The topological polar surface area (TPSA) is 37.4 Å². The largest absolute Gasteiger partial charge is 0.342 e. The Morgan fingerprint density at radius 1 is 1.44 bits per heavy atom. The second-order valence-corrected chi connectivity index (χ2v) is 4.78. The van der Waals surface area contributed by atoms with Gasteiger partial charge in [-0.2, -0.15) is 0 Å². The standard InChI is InChI=1S/C13H21NO2/c1-11(15)5-8-14-10-13(9-12(14)16)6-3-2-4-7-13/h2-10H2,1H3/i2D2,3D2,4D2. The maximum absolute atomic E-state index is 12.1. The Balaban J connectivity index is 2.23. The zero-order valence-corrected chi connectivity index (χ0v) is 9.51. The number of carbonyl (C=O) groups excluding carboxylic acids is 2. The molecule has 0 aromatic rings. The molecule has 2 rings (SSSR count). The van der Waals surface area contributed by atoms with Gasteiger partial charge in [0.1, 0.15) is 5.78 Å². The molecular formula is C13H21NO2. The number of carbonyl (C=O) groups is 2. The molecule has 0 atom stereocenters. The van der Waals surface area contributed by atoms with E-state index in [0.717, 1.165) is 0 Å². The molecular weight excluding hydrogens is 202 g/mol. The van der Waals surface area contributed by atoms with Gasteiger partial charge in [-0.1, -0.05) is 19.1 Å². The van der Waals surface area contributed by atoms with Gasteiger partial charge in [0, 0.05) is 34.2 Å². The molecule has 1 saturated carbocycles. The Labute approximate surface area is 106 Å². The quantitative estimate of drug-likeness (QED) is 0.743. The van der Waals surface area contributed by atoms with Crippen molar-refractivity contribution in [1.29, 1.82) is 0 Å². The fourth-order valence-corrected chi connectivity index (χ4v) is 2.30. The zero-order valence-electron chi connectivity index (χ0n) is 15.5. The Morgan fingerprint density at radius 3 is 2.75 bits per heavy atom. The predicted molar refractivity (Wildman–Crippen MR) is 62.0 cm³/mol. The first kappa shape index (κ1) is 6.18. The molecule has 0 aromatic carbocycles. The fourth-order valence-electron chi connectivity index (χ4n) is 2.30. The van der Waals surface area contributed by atoms with Gasteiger partial charge in [-0.05, 0) is 25.2 Å². The van der Waals surface area contributed by atoms with Crippen LogP contribution in [0.25, 0.3) is 0 Å². The molecule has 0 aromatic heterocycles. The predicted octanol–water partition coefficient (Wildman–Crippen LogP) is 2.15. The Bertz CT molecular complexity index is 485. The lowest BCUT2D eigenvalue weighted by molar-refractivity contribution is -0.128. The number of amides is 1. The number of hydrogen-bond donors (Lipinski definition) is 0. The summed E-state index contributed by atoms with van der Waals surface area (Å²) in [5, 5.41) is 0. The van der Waals surface area contributed by atoms with Gasteiger partial charge in [0.15, 0.2) is 0 Å². The summed E-state index contributed by atoms with van der Waals surface area (Å²) in [7, 11) is 0. The molecule has 3 nitrogen and oxygen atoms in total. The highest BCUT2D eigenvalue weighted by Gasteiger charge is 2.43. The van der Waals surface area contributed by atoms with Crippen LogP contribution in [0, 0.1) is 5.41 Å². The van der Waals surface area contributed by atoms with E-state index in [-0.39, 0.29) is 50.5 Å². The average molecular weight is 229 g/mol.